The van der Waals surface area contributed by atoms with Gasteiger partial charge in [-0.2, -0.15) is 0 Å². The van der Waals surface area contributed by atoms with E-state index in [0.717, 1.165) is 10.5 Å². The summed E-state index contributed by atoms with van der Waals surface area (Å²) < 4.78 is 0. The number of aliphatic hydroxyl groups is 1. The van der Waals surface area contributed by atoms with Crippen LogP contribution in [0.15, 0.2) is 29.2 Å². The van der Waals surface area contributed by atoms with Gasteiger partial charge < -0.3 is 10.2 Å². The number of rotatable bonds is 5. The molecule has 1 aromatic carbocycles. The second-order valence-corrected chi connectivity index (χ2v) is 4.43. The molecule has 0 aromatic heterocycles. The number of carboxylic acids is 1. The highest BCUT2D eigenvalue weighted by molar-refractivity contribution is 8.00. The zero-order valence-electron chi connectivity index (χ0n) is 8.51. The summed E-state index contributed by atoms with van der Waals surface area (Å²) in [6, 6.07) is 7.28. The van der Waals surface area contributed by atoms with Gasteiger partial charge in [-0.1, -0.05) is 19.1 Å². The van der Waals surface area contributed by atoms with Gasteiger partial charge >= 0.3 is 5.97 Å². The van der Waals surface area contributed by atoms with E-state index in [1.165, 1.54) is 11.8 Å². The van der Waals surface area contributed by atoms with Gasteiger partial charge in [0.1, 0.15) is 5.25 Å². The summed E-state index contributed by atoms with van der Waals surface area (Å²) in [4.78, 5) is 11.7. The van der Waals surface area contributed by atoms with Gasteiger partial charge in [0.2, 0.25) is 0 Å². The smallest absolute Gasteiger partial charge is 0.316 e. The van der Waals surface area contributed by atoms with Crippen molar-refractivity contribution in [3.05, 3.63) is 29.8 Å². The topological polar surface area (TPSA) is 57.5 Å². The summed E-state index contributed by atoms with van der Waals surface area (Å²) in [5, 5.41) is 17.3. The Morgan fingerprint density at radius 1 is 1.40 bits per heavy atom. The van der Waals surface area contributed by atoms with Crippen LogP contribution in [-0.2, 0) is 11.4 Å². The molecule has 0 bridgehead atoms. The molecule has 1 unspecified atom stereocenters. The third-order valence-electron chi connectivity index (χ3n) is 2.03. The van der Waals surface area contributed by atoms with Gasteiger partial charge in [0.15, 0.2) is 0 Å². The number of hydrogen-bond donors (Lipinski definition) is 2. The number of hydrogen-bond acceptors (Lipinski definition) is 3. The highest BCUT2D eigenvalue weighted by Gasteiger charge is 2.15. The van der Waals surface area contributed by atoms with Crippen molar-refractivity contribution in [2.45, 2.75) is 30.1 Å². The first-order valence-corrected chi connectivity index (χ1v) is 5.64. The third-order valence-corrected chi connectivity index (χ3v) is 3.39. The van der Waals surface area contributed by atoms with Crippen LogP contribution in [0.2, 0.25) is 0 Å². The predicted molar refractivity (Wildman–Crippen MR) is 59.9 cm³/mol. The van der Waals surface area contributed by atoms with Crippen LogP contribution in [0, 0.1) is 0 Å². The van der Waals surface area contributed by atoms with Crippen molar-refractivity contribution < 1.29 is 15.0 Å². The molecule has 1 rings (SSSR count). The number of aliphatic hydroxyl groups excluding tert-OH is 1. The molecule has 0 aliphatic rings. The first-order valence-electron chi connectivity index (χ1n) is 4.76. The van der Waals surface area contributed by atoms with Crippen LogP contribution in [0.4, 0.5) is 0 Å². The van der Waals surface area contributed by atoms with Gasteiger partial charge in [0.05, 0.1) is 6.61 Å². The summed E-state index contributed by atoms with van der Waals surface area (Å²) in [5.74, 6) is -0.784. The fraction of sp³-hybridized carbons (Fsp3) is 0.364. The van der Waals surface area contributed by atoms with Crippen molar-refractivity contribution in [3.63, 3.8) is 0 Å². The van der Waals surface area contributed by atoms with E-state index >= 15 is 0 Å². The number of benzene rings is 1. The van der Waals surface area contributed by atoms with Crippen LogP contribution in [0.25, 0.3) is 0 Å². The number of carboxylic acid groups (broad SMARTS) is 1. The molecule has 0 heterocycles. The molecule has 0 spiro atoms. The van der Waals surface area contributed by atoms with Gasteiger partial charge in [0, 0.05) is 4.90 Å². The average molecular weight is 226 g/mol. The van der Waals surface area contributed by atoms with E-state index in [-0.39, 0.29) is 6.61 Å². The summed E-state index contributed by atoms with van der Waals surface area (Å²) in [6.07, 6.45) is 0.599. The highest BCUT2D eigenvalue weighted by atomic mass is 32.2. The Labute approximate surface area is 93.1 Å². The fourth-order valence-corrected chi connectivity index (χ4v) is 2.04. The van der Waals surface area contributed by atoms with Crippen molar-refractivity contribution in [2.75, 3.05) is 0 Å². The quantitative estimate of drug-likeness (QED) is 0.755. The lowest BCUT2D eigenvalue weighted by Crippen LogP contribution is -2.14. The first kappa shape index (κ1) is 12.1. The van der Waals surface area contributed by atoms with Crippen molar-refractivity contribution in [3.8, 4) is 0 Å². The van der Waals surface area contributed by atoms with Gasteiger partial charge in [-0.25, -0.2) is 0 Å². The minimum atomic E-state index is -0.784. The molecule has 0 saturated heterocycles. The maximum absolute atomic E-state index is 10.8. The lowest BCUT2D eigenvalue weighted by Gasteiger charge is -2.09. The van der Waals surface area contributed by atoms with Crippen molar-refractivity contribution in [2.24, 2.45) is 0 Å². The van der Waals surface area contributed by atoms with Crippen LogP contribution in [-0.4, -0.2) is 21.4 Å². The van der Waals surface area contributed by atoms with Crippen molar-refractivity contribution in [1.29, 1.82) is 0 Å². The maximum Gasteiger partial charge on any atom is 0.316 e. The molecule has 0 amide bonds. The second kappa shape index (κ2) is 5.78. The zero-order valence-corrected chi connectivity index (χ0v) is 9.33. The van der Waals surface area contributed by atoms with Crippen LogP contribution < -0.4 is 0 Å². The molecule has 2 N–H and O–H groups in total. The SMILES string of the molecule is CCC(Sc1ccc(CO)cc1)C(=O)O. The molecule has 0 aliphatic heterocycles. The third kappa shape index (κ3) is 3.57. The zero-order chi connectivity index (χ0) is 11.3. The lowest BCUT2D eigenvalue weighted by atomic mass is 10.2. The summed E-state index contributed by atoms with van der Waals surface area (Å²) in [7, 11) is 0. The summed E-state index contributed by atoms with van der Waals surface area (Å²) in [6.45, 7) is 1.87. The Kier molecular flexibility index (Phi) is 4.65. The molecule has 0 radical (unpaired) electrons. The predicted octanol–water partition coefficient (Wildman–Crippen LogP) is 2.13. The largest absolute Gasteiger partial charge is 0.480 e. The normalized spacial score (nSPS) is 12.4. The molecule has 15 heavy (non-hydrogen) atoms. The minimum absolute atomic E-state index is 0.0150. The van der Waals surface area contributed by atoms with E-state index in [4.69, 9.17) is 10.2 Å². The number of carbonyl (C=O) groups is 1. The fourth-order valence-electron chi connectivity index (χ4n) is 1.15. The maximum atomic E-state index is 10.8. The number of thioether (sulfide) groups is 1. The second-order valence-electron chi connectivity index (χ2n) is 3.16. The Bertz CT molecular complexity index is 321. The van der Waals surface area contributed by atoms with Gasteiger partial charge in [-0.3, -0.25) is 4.79 Å². The number of aliphatic carboxylic acids is 1. The summed E-state index contributed by atoms with van der Waals surface area (Å²) >= 11 is 1.33. The van der Waals surface area contributed by atoms with Crippen LogP contribution in [0.5, 0.6) is 0 Å². The Morgan fingerprint density at radius 3 is 2.40 bits per heavy atom. The molecule has 0 fully saturated rings. The van der Waals surface area contributed by atoms with Crippen molar-refractivity contribution >= 4 is 17.7 Å². The van der Waals surface area contributed by atoms with Crippen LogP contribution in [0.1, 0.15) is 18.9 Å². The molecular formula is C11H14O3S. The monoisotopic (exact) mass is 226 g/mol. The van der Waals surface area contributed by atoms with E-state index in [9.17, 15) is 4.79 Å². The summed E-state index contributed by atoms with van der Waals surface area (Å²) in [5.41, 5.74) is 0.836. The standard InChI is InChI=1S/C11H14O3S/c1-2-10(11(13)14)15-9-5-3-8(7-12)4-6-9/h3-6,10,12H,2,7H2,1H3,(H,13,14). The van der Waals surface area contributed by atoms with Crippen LogP contribution >= 0.6 is 11.8 Å². The van der Waals surface area contributed by atoms with E-state index in [2.05, 4.69) is 0 Å². The average Bonchev–Trinajstić information content (AvgIpc) is 2.26. The molecule has 1 aromatic rings. The lowest BCUT2D eigenvalue weighted by molar-refractivity contribution is -0.136. The van der Waals surface area contributed by atoms with E-state index < -0.39 is 11.2 Å². The Balaban J connectivity index is 2.67. The Morgan fingerprint density at radius 2 is 2.00 bits per heavy atom. The molecule has 82 valence electrons. The van der Waals surface area contributed by atoms with Crippen LogP contribution in [0.3, 0.4) is 0 Å². The molecule has 0 aliphatic carbocycles. The molecule has 1 atom stereocenters. The van der Waals surface area contributed by atoms with E-state index in [1.54, 1.807) is 12.1 Å². The Hall–Kier alpha value is -1.00. The molecule has 3 nitrogen and oxygen atoms in total. The minimum Gasteiger partial charge on any atom is -0.480 e. The van der Waals surface area contributed by atoms with Gasteiger partial charge in [-0.15, -0.1) is 11.8 Å². The first-order chi connectivity index (χ1) is 7.17. The van der Waals surface area contributed by atoms with Crippen molar-refractivity contribution in [1.82, 2.24) is 0 Å². The van der Waals surface area contributed by atoms with E-state index in [0.29, 0.717) is 6.42 Å². The molecular weight excluding hydrogens is 212 g/mol. The van der Waals surface area contributed by atoms with Gasteiger partial charge in [-0.05, 0) is 24.1 Å². The molecule has 0 saturated carbocycles. The van der Waals surface area contributed by atoms with E-state index in [1.807, 2.05) is 19.1 Å². The highest BCUT2D eigenvalue weighted by Crippen LogP contribution is 2.25. The molecule has 4 heteroatoms. The van der Waals surface area contributed by atoms with Gasteiger partial charge in [0.25, 0.3) is 0 Å².